The van der Waals surface area contributed by atoms with Crippen molar-refractivity contribution in [2.24, 2.45) is 16.7 Å². The van der Waals surface area contributed by atoms with E-state index in [1.54, 1.807) is 86.7 Å². The van der Waals surface area contributed by atoms with Crippen molar-refractivity contribution in [1.29, 1.82) is 0 Å². The summed E-state index contributed by atoms with van der Waals surface area (Å²) in [5, 5.41) is 41.0. The average Bonchev–Trinajstić information content (AvgIpc) is 3.29. The van der Waals surface area contributed by atoms with Crippen LogP contribution >= 0.6 is 0 Å². The van der Waals surface area contributed by atoms with Gasteiger partial charge in [-0.15, -0.1) is 0 Å². The summed E-state index contributed by atoms with van der Waals surface area (Å²) in [5.41, 5.74) is -7.06. The standard InChI is InChI=1S/C50H53NO15/c1-26-33-24-50(60)43(65-45(58)30-18-12-19-31(22-30)61-6)41-48(5,42(56)40(63-27(2)52)37(26)47(50,3)4)34(53)23-35-49(41,25-62-35)66-36(54)21-13-17-28-14-10-11-20-32(28)38(39(55)46(59)64-33)51-44(57)29-15-8-7-9-16-29/h7-20,22,33-35,38-41,43,53,55,60H,21,23-25H2,1-6H3,(H,51,57)/b17-13+/t33-,34-,35+,38-,39+,40+,41-,43-,48+,49-,50+/m0/s1. The third-order valence-corrected chi connectivity index (χ3v) is 14.5. The molecule has 16 nitrogen and oxygen atoms in total. The van der Waals surface area contributed by atoms with Gasteiger partial charge in [-0.3, -0.25) is 19.2 Å². The van der Waals surface area contributed by atoms with E-state index < -0.39 is 113 Å². The van der Waals surface area contributed by atoms with Crippen LogP contribution in [0, 0.1) is 16.7 Å². The lowest BCUT2D eigenvalue weighted by Gasteiger charge is -2.67. The summed E-state index contributed by atoms with van der Waals surface area (Å²) in [6, 6.07) is 19.3. The van der Waals surface area contributed by atoms with Crippen LogP contribution < -0.4 is 10.1 Å². The molecule has 1 spiro atoms. The highest BCUT2D eigenvalue weighted by molar-refractivity contribution is 5.96. The number of rotatable bonds is 6. The molecule has 3 aromatic carbocycles. The number of benzene rings is 3. The molecule has 2 aliphatic heterocycles. The maximum absolute atomic E-state index is 15.7. The van der Waals surface area contributed by atoms with E-state index in [1.165, 1.54) is 39.2 Å². The number of ether oxygens (including phenoxy) is 6. The molecule has 3 aromatic rings. The summed E-state index contributed by atoms with van der Waals surface area (Å²) < 4.78 is 36.4. The molecule has 2 heterocycles. The Hall–Kier alpha value is -6.20. The molecule has 4 bridgehead atoms. The maximum Gasteiger partial charge on any atom is 0.338 e. The summed E-state index contributed by atoms with van der Waals surface area (Å²) in [7, 11) is 1.41. The van der Waals surface area contributed by atoms with Gasteiger partial charge in [0.15, 0.2) is 23.6 Å². The fraction of sp³-hybridized carbons (Fsp3) is 0.440. The van der Waals surface area contributed by atoms with Gasteiger partial charge in [0, 0.05) is 30.7 Å². The summed E-state index contributed by atoms with van der Waals surface area (Å²) in [5.74, 6) is -6.78. The second-order valence-corrected chi connectivity index (χ2v) is 18.4. The fourth-order valence-corrected chi connectivity index (χ4v) is 10.9. The third-order valence-electron chi connectivity index (χ3n) is 14.5. The lowest BCUT2D eigenvalue weighted by molar-refractivity contribution is -0.346. The first-order valence-electron chi connectivity index (χ1n) is 21.8. The molecule has 16 heteroatoms. The fourth-order valence-electron chi connectivity index (χ4n) is 10.9. The number of aliphatic hydroxyl groups excluding tert-OH is 2. The molecule has 0 unspecified atom stereocenters. The number of hydrogen-bond acceptors (Lipinski definition) is 15. The van der Waals surface area contributed by atoms with Crippen LogP contribution in [0.15, 0.2) is 96.1 Å². The van der Waals surface area contributed by atoms with Gasteiger partial charge in [0.05, 0.1) is 49.2 Å². The number of esters is 4. The van der Waals surface area contributed by atoms with Gasteiger partial charge < -0.3 is 49.1 Å². The van der Waals surface area contributed by atoms with Crippen LogP contribution in [0.1, 0.15) is 91.8 Å². The number of carbonyl (C=O) groups is 6. The van der Waals surface area contributed by atoms with Gasteiger partial charge in [0.1, 0.15) is 29.7 Å². The molecule has 11 atom stereocenters. The molecule has 0 aromatic heterocycles. The van der Waals surface area contributed by atoms with Crippen molar-refractivity contribution in [1.82, 2.24) is 5.32 Å². The zero-order chi connectivity index (χ0) is 47.5. The van der Waals surface area contributed by atoms with Crippen LogP contribution in [0.3, 0.4) is 0 Å². The first-order chi connectivity index (χ1) is 31.3. The molecule has 5 aliphatic rings. The van der Waals surface area contributed by atoms with Crippen molar-refractivity contribution in [3.05, 3.63) is 118 Å². The van der Waals surface area contributed by atoms with Crippen LogP contribution in [-0.4, -0.2) is 112 Å². The first kappa shape index (κ1) is 46.3. The molecular weight excluding hydrogens is 855 g/mol. The van der Waals surface area contributed by atoms with Crippen LogP contribution in [-0.2, 0) is 42.9 Å². The number of carbonyl (C=O) groups excluding carboxylic acids is 6. The molecule has 1 saturated heterocycles. The Balaban J connectivity index is 1.37. The van der Waals surface area contributed by atoms with Gasteiger partial charge in [-0.2, -0.15) is 0 Å². The summed E-state index contributed by atoms with van der Waals surface area (Å²) in [6.45, 7) is 6.78. The summed E-state index contributed by atoms with van der Waals surface area (Å²) in [4.78, 5) is 86.0. The number of Topliss-reactive ketones (excluding diaryl/α,β-unsaturated/α-hetero) is 1. The highest BCUT2D eigenvalue weighted by atomic mass is 16.6. The number of fused-ring (bicyclic) bond motifs is 3. The zero-order valence-corrected chi connectivity index (χ0v) is 37.3. The predicted octanol–water partition coefficient (Wildman–Crippen LogP) is 4.14. The minimum Gasteiger partial charge on any atom is -0.497 e. The molecule has 3 fully saturated rings. The Morgan fingerprint density at radius 3 is 2.27 bits per heavy atom. The van der Waals surface area contributed by atoms with E-state index in [0.29, 0.717) is 11.3 Å². The van der Waals surface area contributed by atoms with Crippen molar-refractivity contribution < 1.29 is 72.5 Å². The second-order valence-electron chi connectivity index (χ2n) is 18.4. The normalized spacial score (nSPS) is 34.1. The molecule has 2 saturated carbocycles. The minimum atomic E-state index is -2.44. The molecule has 4 N–H and O–H groups in total. The molecule has 0 radical (unpaired) electrons. The second kappa shape index (κ2) is 17.2. The van der Waals surface area contributed by atoms with E-state index in [9.17, 15) is 39.3 Å². The highest BCUT2D eigenvalue weighted by Gasteiger charge is 2.78. The van der Waals surface area contributed by atoms with Crippen LogP contribution in [0.4, 0.5) is 0 Å². The van der Waals surface area contributed by atoms with Gasteiger partial charge in [0.25, 0.3) is 5.91 Å². The van der Waals surface area contributed by atoms with E-state index >= 15 is 4.79 Å². The number of aliphatic hydroxyl groups is 3. The van der Waals surface area contributed by atoms with E-state index in [0.717, 1.165) is 6.92 Å². The Labute approximate surface area is 380 Å². The largest absolute Gasteiger partial charge is 0.497 e. The van der Waals surface area contributed by atoms with Gasteiger partial charge in [-0.25, -0.2) is 9.59 Å². The summed E-state index contributed by atoms with van der Waals surface area (Å²) >= 11 is 0. The quantitative estimate of drug-likeness (QED) is 0.155. The van der Waals surface area contributed by atoms with E-state index in [-0.39, 0.29) is 47.3 Å². The maximum atomic E-state index is 15.7. The Bertz CT molecular complexity index is 2530. The molecule has 348 valence electrons. The lowest BCUT2D eigenvalue weighted by atomic mass is 9.44. The van der Waals surface area contributed by atoms with Crippen molar-refractivity contribution in [2.45, 2.75) is 108 Å². The Kier molecular flexibility index (Phi) is 12.1. The molecule has 66 heavy (non-hydrogen) atoms. The third kappa shape index (κ3) is 7.49. The Morgan fingerprint density at radius 2 is 1.59 bits per heavy atom. The SMILES string of the molecule is COc1cccc(C(=O)O[C@H]2[C@@H]3[C@]45CO[C@@H]4C[C@H](O)[C@@]3(C)C(=O)[C@H](OC(C)=O)C3=C(C)[C@H](C[C@]2(O)C3(C)C)OC(=O)[C@H](O)[C@@H](NC(=O)c2ccccc2)c2ccccc2/C=C/CC(=O)O5)c1. The predicted molar refractivity (Wildman–Crippen MR) is 232 cm³/mol. The zero-order valence-electron chi connectivity index (χ0n) is 37.3. The van der Waals surface area contributed by atoms with Gasteiger partial charge in [-0.1, -0.05) is 74.5 Å². The minimum absolute atomic E-state index is 0.0162. The first-order valence-corrected chi connectivity index (χ1v) is 21.8. The van der Waals surface area contributed by atoms with Gasteiger partial charge >= 0.3 is 23.9 Å². The number of amides is 1. The monoisotopic (exact) mass is 907 g/mol. The van der Waals surface area contributed by atoms with Crippen LogP contribution in [0.2, 0.25) is 0 Å². The van der Waals surface area contributed by atoms with Crippen LogP contribution in [0.5, 0.6) is 5.75 Å². The van der Waals surface area contributed by atoms with E-state index in [1.807, 2.05) is 0 Å². The van der Waals surface area contributed by atoms with Crippen molar-refractivity contribution in [3.63, 3.8) is 0 Å². The molecule has 1 amide bonds. The molecule has 3 aliphatic carbocycles. The van der Waals surface area contributed by atoms with E-state index in [4.69, 9.17) is 28.4 Å². The molecule has 8 rings (SSSR count). The molecular formula is C50H53NO15. The van der Waals surface area contributed by atoms with Gasteiger partial charge in [0.2, 0.25) is 0 Å². The lowest BCUT2D eigenvalue weighted by Crippen LogP contribution is -2.82. The van der Waals surface area contributed by atoms with E-state index in [2.05, 4.69) is 5.32 Å². The topological polar surface area (TPSA) is 231 Å². The smallest absolute Gasteiger partial charge is 0.338 e. The van der Waals surface area contributed by atoms with Gasteiger partial charge in [-0.05, 0) is 66.5 Å². The van der Waals surface area contributed by atoms with Crippen molar-refractivity contribution >= 4 is 41.6 Å². The summed E-state index contributed by atoms with van der Waals surface area (Å²) in [6.07, 6.45) is -8.20. The van der Waals surface area contributed by atoms with Crippen LogP contribution in [0.25, 0.3) is 6.08 Å². The van der Waals surface area contributed by atoms with Crippen molar-refractivity contribution in [3.8, 4) is 5.75 Å². The number of hydrogen-bond donors (Lipinski definition) is 4. The van der Waals surface area contributed by atoms with Crippen molar-refractivity contribution in [2.75, 3.05) is 13.7 Å². The number of nitrogens with one attached hydrogen (secondary N) is 1. The Morgan fingerprint density at radius 1 is 0.894 bits per heavy atom. The number of ketones is 1. The number of methoxy groups -OCH3 is 1. The highest BCUT2D eigenvalue weighted by Crippen LogP contribution is 2.64. The average molecular weight is 908 g/mol.